The Labute approximate surface area is 112 Å². The maximum Gasteiger partial charge on any atom is 0.242 e. The number of sulfonamides is 1. The third kappa shape index (κ3) is 4.12. The lowest BCUT2D eigenvalue weighted by atomic mass is 10.3. The second kappa shape index (κ2) is 6.09. The third-order valence-electron chi connectivity index (χ3n) is 1.89. The standard InChI is InChI=1S/C9H12Br2N2O2S/c1-7(2-3-10)13-16(14,15)9-4-8(11)5-12-6-9/h4-7,13H,2-3H2,1H3. The number of halogens is 2. The molecule has 0 aromatic carbocycles. The van der Waals surface area contributed by atoms with Crippen LogP contribution in [0.25, 0.3) is 0 Å². The van der Waals surface area contributed by atoms with Crippen LogP contribution in [0.1, 0.15) is 13.3 Å². The number of rotatable bonds is 5. The molecule has 1 rings (SSSR count). The van der Waals surface area contributed by atoms with Gasteiger partial charge in [0.25, 0.3) is 0 Å². The summed E-state index contributed by atoms with van der Waals surface area (Å²) in [7, 11) is -3.47. The Hall–Kier alpha value is 0.0200. The molecule has 0 saturated heterocycles. The first-order valence-electron chi connectivity index (χ1n) is 4.64. The minimum atomic E-state index is -3.47. The summed E-state index contributed by atoms with van der Waals surface area (Å²) >= 11 is 6.46. The van der Waals surface area contributed by atoms with Gasteiger partial charge in [0.15, 0.2) is 0 Å². The number of nitrogens with zero attached hydrogens (tertiary/aromatic N) is 1. The van der Waals surface area contributed by atoms with E-state index in [4.69, 9.17) is 0 Å². The second-order valence-electron chi connectivity index (χ2n) is 3.34. The normalized spacial score (nSPS) is 13.7. The summed E-state index contributed by atoms with van der Waals surface area (Å²) in [5.41, 5.74) is 0. The molecule has 0 aliphatic heterocycles. The number of aromatic nitrogens is 1. The van der Waals surface area contributed by atoms with Crippen molar-refractivity contribution in [3.8, 4) is 0 Å². The molecule has 90 valence electrons. The summed E-state index contributed by atoms with van der Waals surface area (Å²) in [5.74, 6) is 0. The molecular formula is C9H12Br2N2O2S. The molecule has 16 heavy (non-hydrogen) atoms. The zero-order valence-corrected chi connectivity index (χ0v) is 12.6. The topological polar surface area (TPSA) is 59.1 Å². The van der Waals surface area contributed by atoms with E-state index in [9.17, 15) is 8.42 Å². The zero-order chi connectivity index (χ0) is 12.2. The molecule has 0 fully saturated rings. The minimum absolute atomic E-state index is 0.108. The van der Waals surface area contributed by atoms with Gasteiger partial charge in [0.2, 0.25) is 10.0 Å². The van der Waals surface area contributed by atoms with Gasteiger partial charge in [-0.15, -0.1) is 0 Å². The van der Waals surface area contributed by atoms with E-state index < -0.39 is 10.0 Å². The molecule has 0 radical (unpaired) electrons. The summed E-state index contributed by atoms with van der Waals surface area (Å²) in [4.78, 5) is 4.00. The summed E-state index contributed by atoms with van der Waals surface area (Å²) < 4.78 is 27.0. The van der Waals surface area contributed by atoms with Gasteiger partial charge in [0.1, 0.15) is 4.90 Å². The van der Waals surface area contributed by atoms with Crippen molar-refractivity contribution in [1.82, 2.24) is 9.71 Å². The Morgan fingerprint density at radius 2 is 2.19 bits per heavy atom. The van der Waals surface area contributed by atoms with E-state index in [2.05, 4.69) is 41.6 Å². The fourth-order valence-corrected chi connectivity index (χ4v) is 3.56. The molecular weight excluding hydrogens is 360 g/mol. The lowest BCUT2D eigenvalue weighted by molar-refractivity contribution is 0.557. The highest BCUT2D eigenvalue weighted by Crippen LogP contribution is 2.14. The van der Waals surface area contributed by atoms with E-state index in [-0.39, 0.29) is 10.9 Å². The number of pyridine rings is 1. The zero-order valence-electron chi connectivity index (χ0n) is 8.65. The highest BCUT2D eigenvalue weighted by atomic mass is 79.9. The highest BCUT2D eigenvalue weighted by molar-refractivity contribution is 9.10. The Kier molecular flexibility index (Phi) is 5.36. The van der Waals surface area contributed by atoms with Crippen molar-refractivity contribution in [2.24, 2.45) is 0 Å². The van der Waals surface area contributed by atoms with Crippen LogP contribution in [-0.4, -0.2) is 24.8 Å². The number of hydrogen-bond donors (Lipinski definition) is 1. The van der Waals surface area contributed by atoms with Gasteiger partial charge in [0, 0.05) is 28.2 Å². The molecule has 4 nitrogen and oxygen atoms in total. The van der Waals surface area contributed by atoms with Crippen LogP contribution < -0.4 is 4.72 Å². The Balaban J connectivity index is 2.86. The highest BCUT2D eigenvalue weighted by Gasteiger charge is 2.17. The van der Waals surface area contributed by atoms with Gasteiger partial charge in [-0.05, 0) is 35.3 Å². The van der Waals surface area contributed by atoms with Crippen LogP contribution in [0.3, 0.4) is 0 Å². The lowest BCUT2D eigenvalue weighted by Crippen LogP contribution is -2.32. The minimum Gasteiger partial charge on any atom is -0.262 e. The lowest BCUT2D eigenvalue weighted by Gasteiger charge is -2.12. The predicted molar refractivity (Wildman–Crippen MR) is 70.1 cm³/mol. The van der Waals surface area contributed by atoms with E-state index >= 15 is 0 Å². The molecule has 1 aromatic heterocycles. The van der Waals surface area contributed by atoms with Crippen LogP contribution in [0.2, 0.25) is 0 Å². The molecule has 1 heterocycles. The van der Waals surface area contributed by atoms with Gasteiger partial charge in [-0.2, -0.15) is 0 Å². The molecule has 0 bridgehead atoms. The van der Waals surface area contributed by atoms with Gasteiger partial charge in [-0.3, -0.25) is 4.98 Å². The molecule has 0 saturated carbocycles. The monoisotopic (exact) mass is 370 g/mol. The Morgan fingerprint density at radius 3 is 2.75 bits per heavy atom. The van der Waals surface area contributed by atoms with Crippen molar-refractivity contribution in [2.45, 2.75) is 24.3 Å². The average Bonchev–Trinajstić information content (AvgIpc) is 2.17. The fraction of sp³-hybridized carbons (Fsp3) is 0.444. The molecule has 0 aliphatic carbocycles. The van der Waals surface area contributed by atoms with Gasteiger partial charge in [-0.1, -0.05) is 15.9 Å². The van der Waals surface area contributed by atoms with E-state index in [1.54, 1.807) is 6.20 Å². The molecule has 1 atom stereocenters. The molecule has 1 aromatic rings. The summed E-state index contributed by atoms with van der Waals surface area (Å²) in [5, 5.41) is 0.757. The third-order valence-corrected chi connectivity index (χ3v) is 4.34. The summed E-state index contributed by atoms with van der Waals surface area (Å²) in [6.45, 7) is 1.82. The van der Waals surface area contributed by atoms with Crippen LogP contribution in [-0.2, 0) is 10.0 Å². The van der Waals surface area contributed by atoms with E-state index in [1.807, 2.05) is 6.92 Å². The van der Waals surface area contributed by atoms with Crippen molar-refractivity contribution >= 4 is 41.9 Å². The van der Waals surface area contributed by atoms with E-state index in [0.29, 0.717) is 4.47 Å². The van der Waals surface area contributed by atoms with E-state index in [1.165, 1.54) is 12.3 Å². The van der Waals surface area contributed by atoms with Gasteiger partial charge in [0.05, 0.1) is 0 Å². The molecule has 1 N–H and O–H groups in total. The van der Waals surface area contributed by atoms with Crippen molar-refractivity contribution < 1.29 is 8.42 Å². The van der Waals surface area contributed by atoms with Crippen LogP contribution in [0, 0.1) is 0 Å². The molecule has 0 aliphatic rings. The largest absolute Gasteiger partial charge is 0.262 e. The summed E-state index contributed by atoms with van der Waals surface area (Å²) in [6.07, 6.45) is 3.61. The quantitative estimate of drug-likeness (QED) is 0.808. The first-order valence-corrected chi connectivity index (χ1v) is 8.04. The van der Waals surface area contributed by atoms with Crippen LogP contribution in [0.15, 0.2) is 27.8 Å². The van der Waals surface area contributed by atoms with Crippen LogP contribution in [0.4, 0.5) is 0 Å². The van der Waals surface area contributed by atoms with Crippen molar-refractivity contribution in [3.63, 3.8) is 0 Å². The van der Waals surface area contributed by atoms with Gasteiger partial charge >= 0.3 is 0 Å². The first kappa shape index (κ1) is 14.1. The van der Waals surface area contributed by atoms with Gasteiger partial charge < -0.3 is 0 Å². The maximum absolute atomic E-state index is 11.9. The van der Waals surface area contributed by atoms with Crippen molar-refractivity contribution in [3.05, 3.63) is 22.9 Å². The average molecular weight is 372 g/mol. The Morgan fingerprint density at radius 1 is 1.50 bits per heavy atom. The number of nitrogens with one attached hydrogen (secondary N) is 1. The van der Waals surface area contributed by atoms with Crippen LogP contribution >= 0.6 is 31.9 Å². The van der Waals surface area contributed by atoms with Crippen molar-refractivity contribution in [2.75, 3.05) is 5.33 Å². The summed E-state index contributed by atoms with van der Waals surface area (Å²) in [6, 6.07) is 1.42. The molecule has 0 spiro atoms. The molecule has 7 heteroatoms. The predicted octanol–water partition coefficient (Wildman–Crippen LogP) is 2.30. The fourth-order valence-electron chi connectivity index (χ4n) is 1.09. The Bertz CT molecular complexity index is 451. The SMILES string of the molecule is CC(CCBr)NS(=O)(=O)c1cncc(Br)c1. The van der Waals surface area contributed by atoms with Gasteiger partial charge in [-0.25, -0.2) is 13.1 Å². The number of hydrogen-bond acceptors (Lipinski definition) is 3. The molecule has 1 unspecified atom stereocenters. The first-order chi connectivity index (χ1) is 7.45. The smallest absolute Gasteiger partial charge is 0.242 e. The van der Waals surface area contributed by atoms with E-state index in [0.717, 1.165) is 11.8 Å². The van der Waals surface area contributed by atoms with Crippen LogP contribution in [0.5, 0.6) is 0 Å². The van der Waals surface area contributed by atoms with Crippen molar-refractivity contribution in [1.29, 1.82) is 0 Å². The maximum atomic E-state index is 11.9. The molecule has 0 amide bonds. The second-order valence-corrected chi connectivity index (χ2v) is 6.76. The number of alkyl halides is 1.